The highest BCUT2D eigenvalue weighted by Crippen LogP contribution is 2.25. The number of rotatable bonds is 5. The van der Waals surface area contributed by atoms with Gasteiger partial charge in [-0.05, 0) is 25.0 Å². The number of thiophene rings is 1. The number of hydrogen-bond acceptors (Lipinski definition) is 3. The van der Waals surface area contributed by atoms with Gasteiger partial charge in [0.05, 0.1) is 9.34 Å². The normalized spacial score (nSPS) is 16.1. The van der Waals surface area contributed by atoms with E-state index in [1.54, 1.807) is 11.3 Å². The van der Waals surface area contributed by atoms with E-state index in [-0.39, 0.29) is 0 Å². The maximum atomic E-state index is 5.80. The Bertz CT molecular complexity index is 270. The van der Waals surface area contributed by atoms with Gasteiger partial charge < -0.3 is 10.6 Å². The summed E-state index contributed by atoms with van der Waals surface area (Å²) in [6, 6.07) is 4.74. The minimum atomic E-state index is 0.800. The maximum absolute atomic E-state index is 5.80. The summed E-state index contributed by atoms with van der Waals surface area (Å²) >= 11 is 7.39. The molecule has 0 amide bonds. The first-order chi connectivity index (χ1) is 6.34. The van der Waals surface area contributed by atoms with Crippen LogP contribution in [0, 0.1) is 0 Å². The van der Waals surface area contributed by atoms with Gasteiger partial charge >= 0.3 is 0 Å². The van der Waals surface area contributed by atoms with Gasteiger partial charge in [-0.25, -0.2) is 0 Å². The highest BCUT2D eigenvalue weighted by molar-refractivity contribution is 7.19. The number of anilines is 1. The lowest BCUT2D eigenvalue weighted by Gasteiger charge is -2.03. The monoisotopic (exact) mass is 216 g/mol. The van der Waals surface area contributed by atoms with Crippen molar-refractivity contribution in [2.24, 2.45) is 0 Å². The number of nitrogens with one attached hydrogen (secondary N) is 2. The van der Waals surface area contributed by atoms with Gasteiger partial charge in [0.15, 0.2) is 0 Å². The lowest BCUT2D eigenvalue weighted by atomic mass is 10.5. The van der Waals surface area contributed by atoms with Crippen LogP contribution >= 0.6 is 22.9 Å². The summed E-state index contributed by atoms with van der Waals surface area (Å²) < 4.78 is 0.845. The molecule has 72 valence electrons. The van der Waals surface area contributed by atoms with E-state index in [0.717, 1.165) is 28.5 Å². The van der Waals surface area contributed by atoms with Crippen LogP contribution in [0.25, 0.3) is 0 Å². The van der Waals surface area contributed by atoms with Crippen molar-refractivity contribution < 1.29 is 0 Å². The first-order valence-electron chi connectivity index (χ1n) is 4.57. The van der Waals surface area contributed by atoms with E-state index >= 15 is 0 Å². The molecule has 4 heteroatoms. The summed E-state index contributed by atoms with van der Waals surface area (Å²) in [5, 5.41) is 7.92. The van der Waals surface area contributed by atoms with Gasteiger partial charge in [-0.3, -0.25) is 0 Å². The molecule has 1 heterocycles. The Kier molecular flexibility index (Phi) is 3.09. The van der Waals surface area contributed by atoms with Crippen LogP contribution in [0.15, 0.2) is 12.1 Å². The fourth-order valence-corrected chi connectivity index (χ4v) is 2.13. The smallest absolute Gasteiger partial charge is 0.0950 e. The van der Waals surface area contributed by atoms with E-state index in [1.807, 2.05) is 12.1 Å². The van der Waals surface area contributed by atoms with Gasteiger partial charge in [-0.2, -0.15) is 0 Å². The second kappa shape index (κ2) is 4.31. The standard InChI is InChI=1S/C9H13ClN2S/c10-8-3-4-9(13-8)12-6-5-11-7-1-2-7/h3-4,7,11-12H,1-2,5-6H2. The topological polar surface area (TPSA) is 24.1 Å². The van der Waals surface area contributed by atoms with Crippen molar-refractivity contribution in [1.29, 1.82) is 0 Å². The number of hydrogen-bond donors (Lipinski definition) is 2. The van der Waals surface area contributed by atoms with Crippen molar-refractivity contribution in [3.63, 3.8) is 0 Å². The van der Waals surface area contributed by atoms with Crippen LogP contribution in [0.1, 0.15) is 12.8 Å². The molecule has 1 aliphatic carbocycles. The molecule has 1 aromatic heterocycles. The molecule has 0 atom stereocenters. The van der Waals surface area contributed by atoms with Crippen molar-refractivity contribution in [3.8, 4) is 0 Å². The first-order valence-corrected chi connectivity index (χ1v) is 5.76. The van der Waals surface area contributed by atoms with Gasteiger partial charge in [0.2, 0.25) is 0 Å². The molecule has 2 N–H and O–H groups in total. The average molecular weight is 217 g/mol. The molecule has 0 bridgehead atoms. The molecule has 0 aliphatic heterocycles. The molecule has 2 rings (SSSR count). The van der Waals surface area contributed by atoms with Crippen LogP contribution < -0.4 is 10.6 Å². The lowest BCUT2D eigenvalue weighted by Crippen LogP contribution is -2.23. The number of halogens is 1. The van der Waals surface area contributed by atoms with Crippen LogP contribution in [0.4, 0.5) is 5.00 Å². The SMILES string of the molecule is Clc1ccc(NCCNC2CC2)s1. The van der Waals surface area contributed by atoms with Gasteiger partial charge in [0.25, 0.3) is 0 Å². The summed E-state index contributed by atoms with van der Waals surface area (Å²) in [4.78, 5) is 0. The first kappa shape index (κ1) is 9.31. The Hall–Kier alpha value is -0.250. The Morgan fingerprint density at radius 3 is 2.85 bits per heavy atom. The average Bonchev–Trinajstić information content (AvgIpc) is 2.84. The third-order valence-corrected chi connectivity index (χ3v) is 3.20. The van der Waals surface area contributed by atoms with Crippen molar-refractivity contribution in [2.45, 2.75) is 18.9 Å². The molecule has 1 fully saturated rings. The Balaban J connectivity index is 1.61. The Labute approximate surface area is 87.3 Å². The zero-order valence-electron chi connectivity index (χ0n) is 7.35. The van der Waals surface area contributed by atoms with Crippen molar-refractivity contribution >= 4 is 27.9 Å². The second-order valence-corrected chi connectivity index (χ2v) is 4.97. The predicted octanol–water partition coefficient (Wildman–Crippen LogP) is 2.57. The van der Waals surface area contributed by atoms with E-state index in [1.165, 1.54) is 12.8 Å². The van der Waals surface area contributed by atoms with Crippen molar-refractivity contribution in [1.82, 2.24) is 5.32 Å². The molecule has 1 aliphatic rings. The Morgan fingerprint density at radius 2 is 2.23 bits per heavy atom. The highest BCUT2D eigenvalue weighted by atomic mass is 35.5. The zero-order chi connectivity index (χ0) is 9.10. The molecule has 0 aromatic carbocycles. The predicted molar refractivity (Wildman–Crippen MR) is 58.8 cm³/mol. The minimum absolute atomic E-state index is 0.800. The summed E-state index contributed by atoms with van der Waals surface area (Å²) in [5.41, 5.74) is 0. The fourth-order valence-electron chi connectivity index (χ4n) is 1.16. The molecule has 0 unspecified atom stereocenters. The molecule has 0 saturated heterocycles. The molecule has 0 radical (unpaired) electrons. The van der Waals surface area contributed by atoms with Gasteiger partial charge in [0, 0.05) is 19.1 Å². The molecule has 1 aromatic rings. The van der Waals surface area contributed by atoms with Crippen LogP contribution in [0.2, 0.25) is 4.34 Å². The molecular formula is C9H13ClN2S. The summed E-state index contributed by atoms with van der Waals surface area (Å²) in [7, 11) is 0. The van der Waals surface area contributed by atoms with Crippen LogP contribution in [-0.4, -0.2) is 19.1 Å². The molecule has 13 heavy (non-hydrogen) atoms. The van der Waals surface area contributed by atoms with Crippen molar-refractivity contribution in [3.05, 3.63) is 16.5 Å². The van der Waals surface area contributed by atoms with Gasteiger partial charge in [-0.1, -0.05) is 11.6 Å². The van der Waals surface area contributed by atoms with Gasteiger partial charge in [0.1, 0.15) is 0 Å². The second-order valence-electron chi connectivity index (χ2n) is 3.26. The largest absolute Gasteiger partial charge is 0.376 e. The highest BCUT2D eigenvalue weighted by Gasteiger charge is 2.19. The molecule has 2 nitrogen and oxygen atoms in total. The summed E-state index contributed by atoms with van der Waals surface area (Å²) in [6.45, 7) is 2.02. The van der Waals surface area contributed by atoms with Gasteiger partial charge in [-0.15, -0.1) is 11.3 Å². The van der Waals surface area contributed by atoms with E-state index < -0.39 is 0 Å². The maximum Gasteiger partial charge on any atom is 0.0950 e. The lowest BCUT2D eigenvalue weighted by molar-refractivity contribution is 0.702. The third kappa shape index (κ3) is 3.18. The quantitative estimate of drug-likeness (QED) is 0.740. The summed E-state index contributed by atoms with van der Waals surface area (Å²) in [5.74, 6) is 0. The van der Waals surface area contributed by atoms with E-state index in [0.29, 0.717) is 0 Å². The zero-order valence-corrected chi connectivity index (χ0v) is 8.92. The Morgan fingerprint density at radius 1 is 1.38 bits per heavy atom. The van der Waals surface area contributed by atoms with E-state index in [2.05, 4.69) is 10.6 Å². The molecule has 1 saturated carbocycles. The van der Waals surface area contributed by atoms with E-state index in [4.69, 9.17) is 11.6 Å². The molecule has 0 spiro atoms. The fraction of sp³-hybridized carbons (Fsp3) is 0.556. The molecular weight excluding hydrogens is 204 g/mol. The minimum Gasteiger partial charge on any atom is -0.376 e. The van der Waals surface area contributed by atoms with Crippen LogP contribution in [0.3, 0.4) is 0 Å². The van der Waals surface area contributed by atoms with Crippen molar-refractivity contribution in [2.75, 3.05) is 18.4 Å². The van der Waals surface area contributed by atoms with Crippen LogP contribution in [0.5, 0.6) is 0 Å². The van der Waals surface area contributed by atoms with E-state index in [9.17, 15) is 0 Å². The van der Waals surface area contributed by atoms with Crippen LogP contribution in [-0.2, 0) is 0 Å². The summed E-state index contributed by atoms with van der Waals surface area (Å²) in [6.07, 6.45) is 2.70. The third-order valence-electron chi connectivity index (χ3n) is 2.01.